The molecule has 1 atom stereocenters. The van der Waals surface area contributed by atoms with Crippen LogP contribution < -0.4 is 5.32 Å². The normalized spacial score (nSPS) is 20.2. The minimum atomic E-state index is 0.469. The zero-order valence-corrected chi connectivity index (χ0v) is 9.78. The number of aryl methyl sites for hydroxylation is 1. The maximum absolute atomic E-state index is 5.55. The molecule has 1 aromatic rings. The van der Waals surface area contributed by atoms with Crippen LogP contribution in [0.5, 0.6) is 0 Å². The first-order valence-electron chi connectivity index (χ1n) is 5.94. The molecule has 0 bridgehead atoms. The highest BCUT2D eigenvalue weighted by molar-refractivity contribution is 5.00. The first-order valence-corrected chi connectivity index (χ1v) is 5.94. The molecule has 0 aliphatic carbocycles. The number of nitrogens with zero attached hydrogens (tertiary/aromatic N) is 2. The molecule has 1 fully saturated rings. The average molecular weight is 221 g/mol. The van der Waals surface area contributed by atoms with Crippen LogP contribution in [0.25, 0.3) is 0 Å². The van der Waals surface area contributed by atoms with Gasteiger partial charge in [-0.3, -0.25) is 9.97 Å². The molecule has 0 aromatic carbocycles. The van der Waals surface area contributed by atoms with Crippen molar-refractivity contribution in [3.8, 4) is 0 Å². The summed E-state index contributed by atoms with van der Waals surface area (Å²) in [4.78, 5) is 8.50. The molecule has 1 saturated heterocycles. The molecule has 4 heteroatoms. The Morgan fingerprint density at radius 2 is 2.38 bits per heavy atom. The minimum absolute atomic E-state index is 0.469. The van der Waals surface area contributed by atoms with E-state index >= 15 is 0 Å². The Hall–Kier alpha value is -1.00. The summed E-state index contributed by atoms with van der Waals surface area (Å²) in [5.74, 6) is 0. The third-order valence-corrected chi connectivity index (χ3v) is 2.81. The van der Waals surface area contributed by atoms with E-state index in [2.05, 4.69) is 15.3 Å². The highest BCUT2D eigenvalue weighted by atomic mass is 16.5. The summed E-state index contributed by atoms with van der Waals surface area (Å²) in [7, 11) is 0. The molecule has 0 saturated carbocycles. The van der Waals surface area contributed by atoms with Gasteiger partial charge in [-0.05, 0) is 32.7 Å². The Morgan fingerprint density at radius 1 is 1.44 bits per heavy atom. The van der Waals surface area contributed by atoms with Crippen molar-refractivity contribution < 1.29 is 4.74 Å². The molecular formula is C12H19N3O. The molecule has 2 heterocycles. The van der Waals surface area contributed by atoms with Gasteiger partial charge in [-0.25, -0.2) is 0 Å². The molecule has 1 aliphatic heterocycles. The molecule has 88 valence electrons. The maximum Gasteiger partial charge on any atom is 0.0724 e. The van der Waals surface area contributed by atoms with E-state index in [9.17, 15) is 0 Å². The highest BCUT2D eigenvalue weighted by Gasteiger charge is 2.14. The Balaban J connectivity index is 1.62. The monoisotopic (exact) mass is 221 g/mol. The van der Waals surface area contributed by atoms with Gasteiger partial charge in [-0.2, -0.15) is 0 Å². The van der Waals surface area contributed by atoms with Gasteiger partial charge in [0.15, 0.2) is 0 Å². The lowest BCUT2D eigenvalue weighted by atomic mass is 10.2. The summed E-state index contributed by atoms with van der Waals surface area (Å²) in [6, 6.07) is 0. The van der Waals surface area contributed by atoms with Crippen molar-refractivity contribution in [2.45, 2.75) is 38.8 Å². The van der Waals surface area contributed by atoms with Crippen LogP contribution in [-0.4, -0.2) is 29.2 Å². The van der Waals surface area contributed by atoms with Crippen LogP contribution in [0.4, 0.5) is 0 Å². The zero-order valence-electron chi connectivity index (χ0n) is 9.78. The summed E-state index contributed by atoms with van der Waals surface area (Å²) >= 11 is 0. The Bertz CT molecular complexity index is 307. The second kappa shape index (κ2) is 5.92. The predicted octanol–water partition coefficient (Wildman–Crippen LogP) is 1.44. The molecular weight excluding hydrogens is 202 g/mol. The highest BCUT2D eigenvalue weighted by Crippen LogP contribution is 2.14. The van der Waals surface area contributed by atoms with Crippen LogP contribution in [0.15, 0.2) is 12.4 Å². The number of hydrogen-bond donors (Lipinski definition) is 1. The molecule has 1 unspecified atom stereocenters. The molecule has 0 amide bonds. The van der Waals surface area contributed by atoms with Crippen molar-refractivity contribution in [2.24, 2.45) is 0 Å². The lowest BCUT2D eigenvalue weighted by Gasteiger charge is -2.09. The van der Waals surface area contributed by atoms with Gasteiger partial charge >= 0.3 is 0 Å². The average Bonchev–Trinajstić information content (AvgIpc) is 2.80. The first kappa shape index (κ1) is 11.5. The molecule has 1 aliphatic rings. The number of rotatable bonds is 5. The Labute approximate surface area is 96.4 Å². The van der Waals surface area contributed by atoms with Crippen molar-refractivity contribution in [3.63, 3.8) is 0 Å². The summed E-state index contributed by atoms with van der Waals surface area (Å²) in [5, 5.41) is 3.37. The predicted molar refractivity (Wildman–Crippen MR) is 62.1 cm³/mol. The van der Waals surface area contributed by atoms with Gasteiger partial charge in [-0.15, -0.1) is 0 Å². The first-order chi connectivity index (χ1) is 7.84. The van der Waals surface area contributed by atoms with Gasteiger partial charge in [-0.1, -0.05) is 0 Å². The lowest BCUT2D eigenvalue weighted by molar-refractivity contribution is 0.104. The lowest BCUT2D eigenvalue weighted by Crippen LogP contribution is -2.20. The van der Waals surface area contributed by atoms with E-state index in [1.54, 1.807) is 6.20 Å². The molecule has 16 heavy (non-hydrogen) atoms. The van der Waals surface area contributed by atoms with Gasteiger partial charge in [0, 0.05) is 25.5 Å². The smallest absolute Gasteiger partial charge is 0.0724 e. The molecule has 0 radical (unpaired) electrons. The maximum atomic E-state index is 5.55. The fourth-order valence-electron chi connectivity index (χ4n) is 1.86. The van der Waals surface area contributed by atoms with Crippen LogP contribution in [0.2, 0.25) is 0 Å². The largest absolute Gasteiger partial charge is 0.378 e. The van der Waals surface area contributed by atoms with Crippen LogP contribution in [-0.2, 0) is 11.3 Å². The fraction of sp³-hybridized carbons (Fsp3) is 0.667. The molecule has 2 rings (SSSR count). The van der Waals surface area contributed by atoms with E-state index in [1.807, 2.05) is 13.1 Å². The van der Waals surface area contributed by atoms with Crippen molar-refractivity contribution in [2.75, 3.05) is 13.2 Å². The van der Waals surface area contributed by atoms with Crippen LogP contribution >= 0.6 is 0 Å². The molecule has 4 nitrogen and oxygen atoms in total. The third-order valence-electron chi connectivity index (χ3n) is 2.81. The van der Waals surface area contributed by atoms with Gasteiger partial charge in [0.05, 0.1) is 17.5 Å². The van der Waals surface area contributed by atoms with Crippen LogP contribution in [0.3, 0.4) is 0 Å². The van der Waals surface area contributed by atoms with E-state index in [0.29, 0.717) is 6.10 Å². The number of aromatic nitrogens is 2. The topological polar surface area (TPSA) is 47.0 Å². The van der Waals surface area contributed by atoms with Gasteiger partial charge in [0.1, 0.15) is 0 Å². The standard InChI is InChI=1S/C12H19N3O/c1-10-7-15-11(9-14-10)8-13-5-4-12-3-2-6-16-12/h7,9,12-13H,2-6,8H2,1H3. The van der Waals surface area contributed by atoms with Gasteiger partial charge < -0.3 is 10.1 Å². The molecule has 1 aromatic heterocycles. The van der Waals surface area contributed by atoms with Crippen molar-refractivity contribution in [1.29, 1.82) is 0 Å². The Morgan fingerprint density at radius 3 is 3.06 bits per heavy atom. The van der Waals surface area contributed by atoms with E-state index in [1.165, 1.54) is 12.8 Å². The Kier molecular flexibility index (Phi) is 4.25. The van der Waals surface area contributed by atoms with E-state index < -0.39 is 0 Å². The van der Waals surface area contributed by atoms with E-state index in [4.69, 9.17) is 4.74 Å². The number of ether oxygens (including phenoxy) is 1. The summed E-state index contributed by atoms with van der Waals surface area (Å²) < 4.78 is 5.55. The summed E-state index contributed by atoms with van der Waals surface area (Å²) in [5.41, 5.74) is 1.96. The van der Waals surface area contributed by atoms with Crippen molar-refractivity contribution in [3.05, 3.63) is 23.8 Å². The second-order valence-corrected chi connectivity index (χ2v) is 4.25. The van der Waals surface area contributed by atoms with Crippen molar-refractivity contribution >= 4 is 0 Å². The van der Waals surface area contributed by atoms with Gasteiger partial charge in [0.25, 0.3) is 0 Å². The minimum Gasteiger partial charge on any atom is -0.378 e. The number of hydrogen-bond acceptors (Lipinski definition) is 4. The molecule has 0 spiro atoms. The van der Waals surface area contributed by atoms with Crippen LogP contribution in [0.1, 0.15) is 30.7 Å². The fourth-order valence-corrected chi connectivity index (χ4v) is 1.86. The molecule has 1 N–H and O–H groups in total. The van der Waals surface area contributed by atoms with Crippen molar-refractivity contribution in [1.82, 2.24) is 15.3 Å². The summed E-state index contributed by atoms with van der Waals surface area (Å²) in [6.07, 6.45) is 7.63. The number of nitrogens with one attached hydrogen (secondary N) is 1. The van der Waals surface area contributed by atoms with E-state index in [0.717, 1.165) is 37.5 Å². The second-order valence-electron chi connectivity index (χ2n) is 4.25. The van der Waals surface area contributed by atoms with Gasteiger partial charge in [0.2, 0.25) is 0 Å². The van der Waals surface area contributed by atoms with Crippen LogP contribution in [0, 0.1) is 6.92 Å². The van der Waals surface area contributed by atoms with E-state index in [-0.39, 0.29) is 0 Å². The third kappa shape index (κ3) is 3.54. The summed E-state index contributed by atoms with van der Waals surface area (Å²) in [6.45, 7) is 4.66. The zero-order chi connectivity index (χ0) is 11.2. The SMILES string of the molecule is Cc1cnc(CNCCC2CCCO2)cn1. The quantitative estimate of drug-likeness (QED) is 0.764.